The fourth-order valence-corrected chi connectivity index (χ4v) is 3.14. The van der Waals surface area contributed by atoms with Crippen molar-refractivity contribution in [1.82, 2.24) is 15.3 Å². The van der Waals surface area contributed by atoms with Crippen LogP contribution in [-0.2, 0) is 4.79 Å². The average molecular weight is 371 g/mol. The van der Waals surface area contributed by atoms with Crippen LogP contribution in [0.5, 0.6) is 17.5 Å². The van der Waals surface area contributed by atoms with Gasteiger partial charge in [0.15, 0.2) is 6.61 Å². The molecule has 1 aromatic heterocycles. The average Bonchev–Trinajstić information content (AvgIpc) is 2.68. The largest absolute Gasteiger partial charge is 0.484 e. The van der Waals surface area contributed by atoms with E-state index < -0.39 is 0 Å². The van der Waals surface area contributed by atoms with E-state index in [0.717, 1.165) is 31.2 Å². The van der Waals surface area contributed by atoms with E-state index in [0.29, 0.717) is 17.5 Å². The van der Waals surface area contributed by atoms with Gasteiger partial charge in [0.05, 0.1) is 7.11 Å². The van der Waals surface area contributed by atoms with Crippen LogP contribution >= 0.6 is 0 Å². The molecule has 0 atom stereocenters. The molecule has 0 bridgehead atoms. The van der Waals surface area contributed by atoms with Crippen LogP contribution in [-0.4, -0.2) is 41.7 Å². The first-order valence-corrected chi connectivity index (χ1v) is 9.14. The molecule has 1 aromatic carbocycles. The molecule has 1 N–H and O–H groups in total. The van der Waals surface area contributed by atoms with Crippen molar-refractivity contribution in [3.63, 3.8) is 0 Å². The topological polar surface area (TPSA) is 82.6 Å². The summed E-state index contributed by atoms with van der Waals surface area (Å²) in [6, 6.07) is 7.81. The Morgan fingerprint density at radius 3 is 2.59 bits per heavy atom. The number of carbonyl (C=O) groups excluding carboxylic acids is 1. The minimum atomic E-state index is -0.100. The number of ether oxygens (including phenoxy) is 3. The number of hydrogen-bond donors (Lipinski definition) is 1. The molecule has 7 heteroatoms. The molecule has 1 saturated carbocycles. The van der Waals surface area contributed by atoms with Gasteiger partial charge in [-0.25, -0.2) is 9.97 Å². The van der Waals surface area contributed by atoms with E-state index in [9.17, 15) is 4.79 Å². The van der Waals surface area contributed by atoms with Crippen molar-refractivity contribution in [3.05, 3.63) is 42.2 Å². The second kappa shape index (κ2) is 9.21. The molecule has 1 amide bonds. The maximum absolute atomic E-state index is 12.1. The number of nitrogens with one attached hydrogen (secondary N) is 1. The third kappa shape index (κ3) is 5.57. The molecular formula is C20H25N3O4. The Balaban J connectivity index is 1.40. The molecular weight excluding hydrogens is 346 g/mol. The van der Waals surface area contributed by atoms with Gasteiger partial charge >= 0.3 is 0 Å². The highest BCUT2D eigenvalue weighted by molar-refractivity contribution is 5.77. The zero-order valence-electron chi connectivity index (χ0n) is 15.7. The van der Waals surface area contributed by atoms with Gasteiger partial charge in [0.25, 0.3) is 17.7 Å². The predicted octanol–water partition coefficient (Wildman–Crippen LogP) is 2.68. The Morgan fingerprint density at radius 1 is 1.15 bits per heavy atom. The Kier molecular flexibility index (Phi) is 6.46. The lowest BCUT2D eigenvalue weighted by molar-refractivity contribution is -0.124. The Labute approximate surface area is 159 Å². The number of hydrogen-bond acceptors (Lipinski definition) is 6. The highest BCUT2D eigenvalue weighted by atomic mass is 16.5. The summed E-state index contributed by atoms with van der Waals surface area (Å²) in [4.78, 5) is 20.4. The third-order valence-electron chi connectivity index (χ3n) is 4.50. The van der Waals surface area contributed by atoms with Crippen molar-refractivity contribution in [2.24, 2.45) is 0 Å². The SMILES string of the molecule is COc1nccnc1OC1CCC(NC(=O)COc2cccc(C)c2)CC1. The van der Waals surface area contributed by atoms with Crippen molar-refractivity contribution >= 4 is 5.91 Å². The first-order valence-electron chi connectivity index (χ1n) is 9.14. The molecule has 1 fully saturated rings. The van der Waals surface area contributed by atoms with Gasteiger partial charge in [-0.05, 0) is 50.3 Å². The van der Waals surface area contributed by atoms with Crippen LogP contribution in [0.1, 0.15) is 31.2 Å². The first kappa shape index (κ1) is 18.9. The summed E-state index contributed by atoms with van der Waals surface area (Å²) in [5.74, 6) is 1.41. The number of benzene rings is 1. The van der Waals surface area contributed by atoms with E-state index in [1.807, 2.05) is 31.2 Å². The number of aromatic nitrogens is 2. The van der Waals surface area contributed by atoms with Gasteiger partial charge in [0.2, 0.25) is 0 Å². The van der Waals surface area contributed by atoms with Crippen molar-refractivity contribution in [1.29, 1.82) is 0 Å². The summed E-state index contributed by atoms with van der Waals surface area (Å²) >= 11 is 0. The number of aryl methyl sites for hydroxylation is 1. The van der Waals surface area contributed by atoms with Crippen LogP contribution in [0.2, 0.25) is 0 Å². The monoisotopic (exact) mass is 371 g/mol. The van der Waals surface area contributed by atoms with Crippen LogP contribution in [0.25, 0.3) is 0 Å². The van der Waals surface area contributed by atoms with Gasteiger partial charge in [-0.3, -0.25) is 4.79 Å². The minimum Gasteiger partial charge on any atom is -0.484 e. The summed E-state index contributed by atoms with van der Waals surface area (Å²) in [5.41, 5.74) is 1.10. The lowest BCUT2D eigenvalue weighted by atomic mass is 9.93. The van der Waals surface area contributed by atoms with E-state index in [1.54, 1.807) is 19.5 Å². The van der Waals surface area contributed by atoms with Crippen molar-refractivity contribution in [2.75, 3.05) is 13.7 Å². The summed E-state index contributed by atoms with van der Waals surface area (Å²) in [7, 11) is 1.54. The molecule has 1 aliphatic rings. The molecule has 7 nitrogen and oxygen atoms in total. The summed E-state index contributed by atoms with van der Waals surface area (Å²) < 4.78 is 16.6. The lowest BCUT2D eigenvalue weighted by Gasteiger charge is -2.29. The molecule has 2 aromatic rings. The summed E-state index contributed by atoms with van der Waals surface area (Å²) in [6.45, 7) is 2.01. The molecule has 0 aliphatic heterocycles. The van der Waals surface area contributed by atoms with Gasteiger partial charge in [-0.2, -0.15) is 0 Å². The van der Waals surface area contributed by atoms with E-state index in [2.05, 4.69) is 15.3 Å². The third-order valence-corrected chi connectivity index (χ3v) is 4.50. The number of rotatable bonds is 7. The molecule has 3 rings (SSSR count). The molecule has 0 unspecified atom stereocenters. The van der Waals surface area contributed by atoms with Crippen molar-refractivity contribution in [3.8, 4) is 17.5 Å². The fraction of sp³-hybridized carbons (Fsp3) is 0.450. The lowest BCUT2D eigenvalue weighted by Crippen LogP contribution is -2.41. The number of carbonyl (C=O) groups is 1. The molecule has 1 aliphatic carbocycles. The van der Waals surface area contributed by atoms with Crippen LogP contribution in [0.3, 0.4) is 0 Å². The second-order valence-corrected chi connectivity index (χ2v) is 6.63. The van der Waals surface area contributed by atoms with E-state index >= 15 is 0 Å². The van der Waals surface area contributed by atoms with E-state index in [4.69, 9.17) is 14.2 Å². The van der Waals surface area contributed by atoms with Gasteiger partial charge in [-0.15, -0.1) is 0 Å². The molecule has 144 valence electrons. The molecule has 27 heavy (non-hydrogen) atoms. The van der Waals surface area contributed by atoms with E-state index in [1.165, 1.54) is 0 Å². The Morgan fingerprint density at radius 2 is 1.89 bits per heavy atom. The zero-order valence-corrected chi connectivity index (χ0v) is 15.7. The highest BCUT2D eigenvalue weighted by Gasteiger charge is 2.25. The quantitative estimate of drug-likeness (QED) is 0.806. The maximum atomic E-state index is 12.1. The summed E-state index contributed by atoms with van der Waals surface area (Å²) in [5, 5.41) is 3.04. The standard InChI is InChI=1S/C20H25N3O4/c1-14-4-3-5-17(12-14)26-13-18(24)23-15-6-8-16(9-7-15)27-20-19(25-2)21-10-11-22-20/h3-5,10-12,15-16H,6-9,13H2,1-2H3,(H,23,24). The predicted molar refractivity (Wildman–Crippen MR) is 100 cm³/mol. The number of amides is 1. The molecule has 0 radical (unpaired) electrons. The number of methoxy groups -OCH3 is 1. The van der Waals surface area contributed by atoms with Gasteiger partial charge < -0.3 is 19.5 Å². The summed E-state index contributed by atoms with van der Waals surface area (Å²) in [6.07, 6.45) is 6.57. The maximum Gasteiger partial charge on any atom is 0.278 e. The van der Waals surface area contributed by atoms with Crippen LogP contribution in [0.4, 0.5) is 0 Å². The Bertz CT molecular complexity index is 760. The van der Waals surface area contributed by atoms with Crippen LogP contribution in [0.15, 0.2) is 36.7 Å². The van der Waals surface area contributed by atoms with Gasteiger partial charge in [-0.1, -0.05) is 12.1 Å². The van der Waals surface area contributed by atoms with Crippen molar-refractivity contribution in [2.45, 2.75) is 44.8 Å². The van der Waals surface area contributed by atoms with E-state index in [-0.39, 0.29) is 24.7 Å². The molecule has 0 saturated heterocycles. The Hall–Kier alpha value is -2.83. The second-order valence-electron chi connectivity index (χ2n) is 6.63. The number of nitrogens with zero attached hydrogens (tertiary/aromatic N) is 2. The fourth-order valence-electron chi connectivity index (χ4n) is 3.14. The van der Waals surface area contributed by atoms with Crippen LogP contribution < -0.4 is 19.5 Å². The first-order chi connectivity index (χ1) is 13.1. The molecule has 0 spiro atoms. The minimum absolute atomic E-state index is 0.0245. The normalized spacial score (nSPS) is 19.2. The zero-order chi connectivity index (χ0) is 19.1. The smallest absolute Gasteiger partial charge is 0.278 e. The van der Waals surface area contributed by atoms with Gasteiger partial charge in [0, 0.05) is 18.4 Å². The highest BCUT2D eigenvalue weighted by Crippen LogP contribution is 2.27. The van der Waals surface area contributed by atoms with Crippen molar-refractivity contribution < 1.29 is 19.0 Å². The van der Waals surface area contributed by atoms with Crippen LogP contribution in [0, 0.1) is 6.92 Å². The molecule has 1 heterocycles. The van der Waals surface area contributed by atoms with Gasteiger partial charge in [0.1, 0.15) is 11.9 Å².